The van der Waals surface area contributed by atoms with Gasteiger partial charge in [0.1, 0.15) is 11.6 Å². The zero-order valence-corrected chi connectivity index (χ0v) is 11.4. The zero-order valence-electron chi connectivity index (χ0n) is 9.85. The lowest BCUT2D eigenvalue weighted by atomic mass is 10.2. The molecule has 0 amide bonds. The first kappa shape index (κ1) is 13.0. The van der Waals surface area contributed by atoms with Crippen molar-refractivity contribution in [1.82, 2.24) is 9.97 Å². The van der Waals surface area contributed by atoms with Crippen molar-refractivity contribution in [3.63, 3.8) is 0 Å². The maximum absolute atomic E-state index is 5.92. The predicted octanol–water partition coefficient (Wildman–Crippen LogP) is 3.05. The van der Waals surface area contributed by atoms with Crippen LogP contribution < -0.4 is 11.1 Å². The van der Waals surface area contributed by atoms with E-state index in [1.807, 2.05) is 30.5 Å². The number of hydrogen-bond donors (Lipinski definition) is 2. The van der Waals surface area contributed by atoms with Gasteiger partial charge in [-0.15, -0.1) is 0 Å². The molecule has 0 atom stereocenters. The molecule has 94 valence electrons. The smallest absolute Gasteiger partial charge is 0.191 e. The number of benzene rings is 1. The summed E-state index contributed by atoms with van der Waals surface area (Å²) in [6.07, 6.45) is 1.91. The number of nitrogen functional groups attached to an aromatic ring is 1. The molecular formula is C12H13ClN4S. The van der Waals surface area contributed by atoms with E-state index in [1.54, 1.807) is 6.07 Å². The Labute approximate surface area is 115 Å². The third kappa shape index (κ3) is 3.51. The third-order valence-corrected chi connectivity index (χ3v) is 3.05. The minimum Gasteiger partial charge on any atom is -0.383 e. The summed E-state index contributed by atoms with van der Waals surface area (Å²) in [7, 11) is 0. The summed E-state index contributed by atoms with van der Waals surface area (Å²) >= 11 is 7.38. The van der Waals surface area contributed by atoms with Crippen LogP contribution in [-0.2, 0) is 6.54 Å². The molecule has 0 radical (unpaired) electrons. The fraction of sp³-hybridized carbons (Fsp3) is 0.167. The molecule has 0 saturated carbocycles. The second-order valence-corrected chi connectivity index (χ2v) is 4.86. The van der Waals surface area contributed by atoms with Crippen molar-refractivity contribution < 1.29 is 0 Å². The van der Waals surface area contributed by atoms with Crippen LogP contribution in [0.25, 0.3) is 0 Å². The Bertz CT molecular complexity index is 547. The van der Waals surface area contributed by atoms with Crippen LogP contribution in [0.2, 0.25) is 5.02 Å². The van der Waals surface area contributed by atoms with E-state index in [-0.39, 0.29) is 0 Å². The summed E-state index contributed by atoms with van der Waals surface area (Å²) in [6, 6.07) is 9.39. The molecule has 0 unspecified atom stereocenters. The average Bonchev–Trinajstić information content (AvgIpc) is 2.36. The Kier molecular flexibility index (Phi) is 4.28. The Balaban J connectivity index is 2.08. The van der Waals surface area contributed by atoms with E-state index in [2.05, 4.69) is 15.3 Å². The molecule has 0 aliphatic rings. The SMILES string of the molecule is CSc1nc(N)cc(NCc2cccc(Cl)c2)n1. The van der Waals surface area contributed by atoms with Crippen molar-refractivity contribution in [3.05, 3.63) is 40.9 Å². The van der Waals surface area contributed by atoms with Crippen molar-refractivity contribution in [3.8, 4) is 0 Å². The van der Waals surface area contributed by atoms with Gasteiger partial charge < -0.3 is 11.1 Å². The van der Waals surface area contributed by atoms with Crippen LogP contribution >= 0.6 is 23.4 Å². The van der Waals surface area contributed by atoms with Gasteiger partial charge in [-0.1, -0.05) is 35.5 Å². The minimum absolute atomic E-state index is 0.461. The van der Waals surface area contributed by atoms with E-state index < -0.39 is 0 Å². The third-order valence-electron chi connectivity index (χ3n) is 2.27. The Morgan fingerprint density at radius 1 is 1.33 bits per heavy atom. The van der Waals surface area contributed by atoms with Gasteiger partial charge in [-0.25, -0.2) is 9.97 Å². The van der Waals surface area contributed by atoms with Crippen molar-refractivity contribution in [1.29, 1.82) is 0 Å². The lowest BCUT2D eigenvalue weighted by Crippen LogP contribution is -2.04. The first-order valence-electron chi connectivity index (χ1n) is 5.34. The molecule has 3 N–H and O–H groups in total. The van der Waals surface area contributed by atoms with Crippen molar-refractivity contribution in [2.24, 2.45) is 0 Å². The second-order valence-electron chi connectivity index (χ2n) is 3.65. The summed E-state index contributed by atoms with van der Waals surface area (Å²) in [5.41, 5.74) is 6.79. The summed E-state index contributed by atoms with van der Waals surface area (Å²) in [5, 5.41) is 4.58. The number of anilines is 2. The van der Waals surface area contributed by atoms with Gasteiger partial charge in [0.15, 0.2) is 5.16 Å². The molecule has 0 aliphatic heterocycles. The first-order chi connectivity index (χ1) is 8.67. The largest absolute Gasteiger partial charge is 0.383 e. The highest BCUT2D eigenvalue weighted by Crippen LogP contribution is 2.16. The molecule has 0 fully saturated rings. The van der Waals surface area contributed by atoms with Crippen LogP contribution in [0.15, 0.2) is 35.5 Å². The van der Waals surface area contributed by atoms with Crippen molar-refractivity contribution in [2.45, 2.75) is 11.7 Å². The highest BCUT2D eigenvalue weighted by Gasteiger charge is 2.01. The fourth-order valence-electron chi connectivity index (χ4n) is 1.46. The van der Waals surface area contributed by atoms with Gasteiger partial charge in [0.25, 0.3) is 0 Å². The summed E-state index contributed by atoms with van der Waals surface area (Å²) in [4.78, 5) is 8.41. The van der Waals surface area contributed by atoms with Gasteiger partial charge in [0, 0.05) is 17.6 Å². The summed E-state index contributed by atoms with van der Waals surface area (Å²) < 4.78 is 0. The number of halogens is 1. The highest BCUT2D eigenvalue weighted by atomic mass is 35.5. The molecule has 1 heterocycles. The number of nitrogens with zero attached hydrogens (tertiary/aromatic N) is 2. The quantitative estimate of drug-likeness (QED) is 0.666. The lowest BCUT2D eigenvalue weighted by molar-refractivity contribution is 0.964. The molecule has 0 aliphatic carbocycles. The molecule has 1 aromatic carbocycles. The van der Waals surface area contributed by atoms with Gasteiger partial charge in [0.2, 0.25) is 0 Å². The number of nitrogens with one attached hydrogen (secondary N) is 1. The second kappa shape index (κ2) is 5.93. The maximum Gasteiger partial charge on any atom is 0.191 e. The number of thioether (sulfide) groups is 1. The highest BCUT2D eigenvalue weighted by molar-refractivity contribution is 7.98. The van der Waals surface area contributed by atoms with Crippen LogP contribution in [-0.4, -0.2) is 16.2 Å². The lowest BCUT2D eigenvalue weighted by Gasteiger charge is -2.07. The van der Waals surface area contributed by atoms with Gasteiger partial charge in [0.05, 0.1) is 0 Å². The molecule has 6 heteroatoms. The van der Waals surface area contributed by atoms with Crippen LogP contribution in [0.1, 0.15) is 5.56 Å². The molecule has 0 spiro atoms. The van der Waals surface area contributed by atoms with E-state index in [0.29, 0.717) is 23.3 Å². The van der Waals surface area contributed by atoms with E-state index in [0.717, 1.165) is 10.6 Å². The van der Waals surface area contributed by atoms with Crippen molar-refractivity contribution >= 4 is 35.0 Å². The number of aromatic nitrogens is 2. The topological polar surface area (TPSA) is 63.8 Å². The number of nitrogens with two attached hydrogens (primary N) is 1. The van der Waals surface area contributed by atoms with Gasteiger partial charge in [-0.05, 0) is 24.0 Å². The Morgan fingerprint density at radius 3 is 2.89 bits per heavy atom. The van der Waals surface area contributed by atoms with Crippen LogP contribution in [0.4, 0.5) is 11.6 Å². The van der Waals surface area contributed by atoms with Gasteiger partial charge in [-0.2, -0.15) is 0 Å². The average molecular weight is 281 g/mol. The molecule has 18 heavy (non-hydrogen) atoms. The van der Waals surface area contributed by atoms with Gasteiger partial charge in [-0.3, -0.25) is 0 Å². The standard InChI is InChI=1S/C12H13ClN4S/c1-18-12-16-10(14)6-11(17-12)15-7-8-3-2-4-9(13)5-8/h2-6H,7H2,1H3,(H3,14,15,16,17). The van der Waals surface area contributed by atoms with E-state index in [4.69, 9.17) is 17.3 Å². The predicted molar refractivity (Wildman–Crippen MR) is 77.0 cm³/mol. The first-order valence-corrected chi connectivity index (χ1v) is 6.94. The fourth-order valence-corrected chi connectivity index (χ4v) is 2.06. The van der Waals surface area contributed by atoms with E-state index in [1.165, 1.54) is 11.8 Å². The Hall–Kier alpha value is -1.46. The molecule has 2 aromatic rings. The molecule has 0 saturated heterocycles. The number of rotatable bonds is 4. The van der Waals surface area contributed by atoms with Gasteiger partial charge >= 0.3 is 0 Å². The van der Waals surface area contributed by atoms with Crippen molar-refractivity contribution in [2.75, 3.05) is 17.3 Å². The van der Waals surface area contributed by atoms with E-state index in [9.17, 15) is 0 Å². The number of hydrogen-bond acceptors (Lipinski definition) is 5. The van der Waals surface area contributed by atoms with Crippen LogP contribution in [0.5, 0.6) is 0 Å². The molecule has 1 aromatic heterocycles. The zero-order chi connectivity index (χ0) is 13.0. The summed E-state index contributed by atoms with van der Waals surface area (Å²) in [6.45, 7) is 0.644. The monoisotopic (exact) mass is 280 g/mol. The maximum atomic E-state index is 5.92. The van der Waals surface area contributed by atoms with Crippen LogP contribution in [0.3, 0.4) is 0 Å². The molecule has 2 rings (SSSR count). The minimum atomic E-state index is 0.461. The Morgan fingerprint density at radius 2 is 2.17 bits per heavy atom. The van der Waals surface area contributed by atoms with Crippen LogP contribution in [0, 0.1) is 0 Å². The van der Waals surface area contributed by atoms with E-state index >= 15 is 0 Å². The molecular weight excluding hydrogens is 268 g/mol. The molecule has 0 bridgehead atoms. The normalized spacial score (nSPS) is 10.3. The molecule has 4 nitrogen and oxygen atoms in total. The summed E-state index contributed by atoms with van der Waals surface area (Å²) in [5.74, 6) is 1.18.